The highest BCUT2D eigenvalue weighted by Crippen LogP contribution is 2.16. The Morgan fingerprint density at radius 1 is 0.885 bits per heavy atom. The van der Waals surface area contributed by atoms with Crippen LogP contribution >= 0.6 is 0 Å². The van der Waals surface area contributed by atoms with E-state index in [1.807, 2.05) is 0 Å². The molecule has 2 aromatic rings. The van der Waals surface area contributed by atoms with Gasteiger partial charge in [-0.05, 0) is 48.5 Å². The van der Waals surface area contributed by atoms with Crippen LogP contribution in [0.5, 0.6) is 11.5 Å². The second kappa shape index (κ2) is 8.45. The molecule has 0 aliphatic rings. The van der Waals surface area contributed by atoms with Crippen LogP contribution in [0.1, 0.15) is 10.4 Å². The van der Waals surface area contributed by atoms with Crippen LogP contribution in [-0.2, 0) is 19.6 Å². The average molecular weight is 379 g/mol. The quantitative estimate of drug-likeness (QED) is 0.316. The van der Waals surface area contributed by atoms with E-state index >= 15 is 0 Å². The Bertz CT molecular complexity index is 874. The van der Waals surface area contributed by atoms with Crippen molar-refractivity contribution in [2.75, 3.05) is 20.3 Å². The van der Waals surface area contributed by atoms with Crippen LogP contribution in [0.25, 0.3) is 0 Å². The fourth-order valence-corrected chi connectivity index (χ4v) is 2.47. The molecule has 0 unspecified atom stereocenters. The van der Waals surface area contributed by atoms with Crippen LogP contribution in [0.4, 0.5) is 0 Å². The molecule has 0 amide bonds. The van der Waals surface area contributed by atoms with Gasteiger partial charge in [0.15, 0.2) is 0 Å². The molecule has 0 radical (unpaired) electrons. The molecule has 0 saturated carbocycles. The Labute approximate surface area is 150 Å². The predicted molar refractivity (Wildman–Crippen MR) is 91.6 cm³/mol. The van der Waals surface area contributed by atoms with Gasteiger partial charge in [-0.1, -0.05) is 0 Å². The van der Waals surface area contributed by atoms with Crippen LogP contribution in [0.2, 0.25) is 0 Å². The number of rotatable bonds is 8. The largest absolute Gasteiger partial charge is 0.490 e. The molecule has 0 atom stereocenters. The van der Waals surface area contributed by atoms with Crippen LogP contribution in [0.3, 0.4) is 0 Å². The van der Waals surface area contributed by atoms with Crippen molar-refractivity contribution in [3.05, 3.63) is 54.1 Å². The van der Waals surface area contributed by atoms with E-state index in [1.165, 1.54) is 36.4 Å². The Kier molecular flexibility index (Phi) is 6.31. The summed E-state index contributed by atoms with van der Waals surface area (Å²) in [6.45, 7) is 0.443. The molecule has 0 spiro atoms. The molecule has 2 rings (SSSR count). The molecular formula is C17H17NO7S. The highest BCUT2D eigenvalue weighted by molar-refractivity contribution is 7.89. The predicted octanol–water partition coefficient (Wildman–Crippen LogP) is 1.15. The summed E-state index contributed by atoms with van der Waals surface area (Å²) >= 11 is 0. The number of carbonyl (C=O) groups excluding carboxylic acids is 2. The van der Waals surface area contributed by atoms with E-state index in [2.05, 4.69) is 4.74 Å². The van der Waals surface area contributed by atoms with Gasteiger partial charge in [0.2, 0.25) is 10.0 Å². The monoisotopic (exact) mass is 379 g/mol. The number of methoxy groups -OCH3 is 1. The smallest absolute Gasteiger partial charge is 0.379 e. The molecule has 0 fully saturated rings. The lowest BCUT2D eigenvalue weighted by molar-refractivity contribution is -0.135. The molecule has 0 heterocycles. The minimum Gasteiger partial charge on any atom is -0.490 e. The molecular weight excluding hydrogens is 362 g/mol. The summed E-state index contributed by atoms with van der Waals surface area (Å²) in [6.07, 6.45) is 0. The number of hydrogen-bond donors (Lipinski definition) is 1. The van der Waals surface area contributed by atoms with Gasteiger partial charge < -0.3 is 14.2 Å². The summed E-state index contributed by atoms with van der Waals surface area (Å²) in [5.41, 5.74) is 0.204. The summed E-state index contributed by atoms with van der Waals surface area (Å²) in [5, 5.41) is 5.01. The SMILES string of the molecule is COC(=O)C(=O)c1ccc(OCCOc2ccc(S(N)(=O)=O)cc2)cc1. The number of primary sulfonamides is 1. The Morgan fingerprint density at radius 3 is 1.77 bits per heavy atom. The standard InChI is InChI=1S/C17H17NO7S/c1-23-17(20)16(19)12-2-4-13(5-3-12)24-10-11-25-14-6-8-15(9-7-14)26(18,21)22/h2-9H,10-11H2,1H3,(H2,18,21,22). The van der Waals surface area contributed by atoms with Crippen molar-refractivity contribution in [1.82, 2.24) is 0 Å². The van der Waals surface area contributed by atoms with Crippen molar-refractivity contribution < 1.29 is 32.2 Å². The highest BCUT2D eigenvalue weighted by Gasteiger charge is 2.16. The molecule has 0 saturated heterocycles. The Balaban J connectivity index is 1.81. The first-order chi connectivity index (χ1) is 12.3. The molecule has 2 N–H and O–H groups in total. The maximum absolute atomic E-state index is 11.6. The molecule has 0 aliphatic carbocycles. The summed E-state index contributed by atoms with van der Waals surface area (Å²) < 4.78 is 37.6. The molecule has 2 aromatic carbocycles. The minimum atomic E-state index is -3.73. The van der Waals surface area contributed by atoms with Crippen molar-refractivity contribution in [3.63, 3.8) is 0 Å². The van der Waals surface area contributed by atoms with Crippen molar-refractivity contribution in [3.8, 4) is 11.5 Å². The number of carbonyl (C=O) groups is 2. The lowest BCUT2D eigenvalue weighted by Crippen LogP contribution is -2.15. The van der Waals surface area contributed by atoms with E-state index in [-0.39, 0.29) is 23.7 Å². The van der Waals surface area contributed by atoms with Gasteiger partial charge in [-0.25, -0.2) is 18.4 Å². The maximum atomic E-state index is 11.6. The van der Waals surface area contributed by atoms with E-state index in [1.54, 1.807) is 12.1 Å². The van der Waals surface area contributed by atoms with Crippen molar-refractivity contribution in [2.45, 2.75) is 4.90 Å². The lowest BCUT2D eigenvalue weighted by Gasteiger charge is -2.09. The van der Waals surface area contributed by atoms with Gasteiger partial charge in [-0.15, -0.1) is 0 Å². The lowest BCUT2D eigenvalue weighted by atomic mass is 10.1. The first-order valence-corrected chi connectivity index (χ1v) is 8.97. The number of benzene rings is 2. The topological polar surface area (TPSA) is 122 Å². The van der Waals surface area contributed by atoms with Gasteiger partial charge >= 0.3 is 5.97 Å². The van der Waals surface area contributed by atoms with E-state index in [0.717, 1.165) is 7.11 Å². The third-order valence-corrected chi connectivity index (χ3v) is 4.19. The van der Waals surface area contributed by atoms with Crippen LogP contribution in [0, 0.1) is 0 Å². The second-order valence-corrected chi connectivity index (χ2v) is 6.62. The fourth-order valence-electron chi connectivity index (χ4n) is 1.96. The molecule has 0 aromatic heterocycles. The van der Waals surface area contributed by atoms with Crippen LogP contribution in [0.15, 0.2) is 53.4 Å². The summed E-state index contributed by atoms with van der Waals surface area (Å²) in [7, 11) is -2.59. The number of nitrogens with two attached hydrogens (primary N) is 1. The zero-order valence-corrected chi connectivity index (χ0v) is 14.7. The van der Waals surface area contributed by atoms with Gasteiger partial charge in [0.05, 0.1) is 12.0 Å². The van der Waals surface area contributed by atoms with Gasteiger partial charge in [0, 0.05) is 5.56 Å². The normalized spacial score (nSPS) is 10.8. The van der Waals surface area contributed by atoms with Gasteiger partial charge in [0.1, 0.15) is 24.7 Å². The molecule has 26 heavy (non-hydrogen) atoms. The second-order valence-electron chi connectivity index (χ2n) is 5.06. The average Bonchev–Trinajstić information content (AvgIpc) is 2.64. The van der Waals surface area contributed by atoms with Gasteiger partial charge in [0.25, 0.3) is 5.78 Å². The molecule has 0 aliphatic heterocycles. The number of ether oxygens (including phenoxy) is 3. The number of ketones is 1. The van der Waals surface area contributed by atoms with E-state index in [4.69, 9.17) is 14.6 Å². The first kappa shape index (κ1) is 19.4. The Hall–Kier alpha value is -2.91. The maximum Gasteiger partial charge on any atom is 0.379 e. The summed E-state index contributed by atoms with van der Waals surface area (Å²) in [6, 6.07) is 11.7. The molecule has 8 nitrogen and oxygen atoms in total. The third-order valence-electron chi connectivity index (χ3n) is 3.26. The number of sulfonamides is 1. The van der Waals surface area contributed by atoms with Crippen molar-refractivity contribution >= 4 is 21.8 Å². The Morgan fingerprint density at radius 2 is 1.35 bits per heavy atom. The van der Waals surface area contributed by atoms with Crippen LogP contribution < -0.4 is 14.6 Å². The van der Waals surface area contributed by atoms with E-state index in [9.17, 15) is 18.0 Å². The zero-order chi connectivity index (χ0) is 19.2. The zero-order valence-electron chi connectivity index (χ0n) is 13.9. The van der Waals surface area contributed by atoms with Gasteiger partial charge in [-0.3, -0.25) is 4.79 Å². The van der Waals surface area contributed by atoms with Crippen molar-refractivity contribution in [2.24, 2.45) is 5.14 Å². The van der Waals surface area contributed by atoms with Gasteiger partial charge in [-0.2, -0.15) is 0 Å². The first-order valence-electron chi connectivity index (χ1n) is 7.42. The fraction of sp³-hybridized carbons (Fsp3) is 0.176. The highest BCUT2D eigenvalue weighted by atomic mass is 32.2. The molecule has 9 heteroatoms. The third kappa shape index (κ3) is 5.30. The molecule has 0 bridgehead atoms. The van der Waals surface area contributed by atoms with E-state index in [0.29, 0.717) is 11.5 Å². The minimum absolute atomic E-state index is 0.00249. The summed E-state index contributed by atoms with van der Waals surface area (Å²) in [5.74, 6) is -0.689. The van der Waals surface area contributed by atoms with Crippen LogP contribution in [-0.4, -0.2) is 40.5 Å². The number of hydrogen-bond acceptors (Lipinski definition) is 7. The van der Waals surface area contributed by atoms with Crippen molar-refractivity contribution in [1.29, 1.82) is 0 Å². The number of Topliss-reactive ketones (excluding diaryl/α,β-unsaturated/α-hetero) is 1. The number of esters is 1. The summed E-state index contributed by atoms with van der Waals surface area (Å²) in [4.78, 5) is 22.8. The van der Waals surface area contributed by atoms with E-state index < -0.39 is 21.8 Å². The molecule has 138 valence electrons.